The van der Waals surface area contributed by atoms with Crippen LogP contribution in [0.15, 0.2) is 18.2 Å². The summed E-state index contributed by atoms with van der Waals surface area (Å²) in [6.07, 6.45) is -0.133. The van der Waals surface area contributed by atoms with Crippen molar-refractivity contribution in [3.05, 3.63) is 28.8 Å². The molecule has 1 aromatic carbocycles. The molecule has 0 radical (unpaired) electrons. The molecule has 0 atom stereocenters. The highest BCUT2D eigenvalue weighted by atomic mass is 35.5. The van der Waals surface area contributed by atoms with Gasteiger partial charge >= 0.3 is 5.97 Å². The minimum absolute atomic E-state index is 0.00858. The van der Waals surface area contributed by atoms with Gasteiger partial charge in [0.15, 0.2) is 0 Å². The van der Waals surface area contributed by atoms with Crippen LogP contribution < -0.4 is 0 Å². The number of hydrogen-bond donors (Lipinski definition) is 1. The predicted octanol–water partition coefficient (Wildman–Crippen LogP) is 1.33. The molecule has 0 aromatic heterocycles. The molecule has 0 unspecified atom stereocenters. The summed E-state index contributed by atoms with van der Waals surface area (Å²) in [5.41, 5.74) is 0.477. The molecule has 0 heterocycles. The van der Waals surface area contributed by atoms with Crippen LogP contribution in [0.2, 0.25) is 5.02 Å². The highest BCUT2D eigenvalue weighted by Gasteiger charge is 2.16. The lowest BCUT2D eigenvalue weighted by Gasteiger charge is -2.02. The molecule has 0 aliphatic carbocycles. The second-order valence-corrected chi connectivity index (χ2v) is 3.27. The van der Waals surface area contributed by atoms with Crippen molar-refractivity contribution in [1.82, 2.24) is 0 Å². The average Bonchev–Trinajstić information content (AvgIpc) is 2.20. The number of Topliss-reactive ketones (excluding diaryl/α,β-unsaturated/α-hetero) is 1. The van der Waals surface area contributed by atoms with Crippen LogP contribution in [0, 0.1) is 0 Å². The maximum Gasteiger partial charge on any atom is 0.374 e. The number of rotatable bonds is 3. The van der Waals surface area contributed by atoms with Crippen LogP contribution >= 0.6 is 11.6 Å². The lowest BCUT2D eigenvalue weighted by molar-refractivity contribution is -0.151. The van der Waals surface area contributed by atoms with E-state index in [0.717, 1.165) is 7.11 Å². The van der Waals surface area contributed by atoms with Crippen molar-refractivity contribution in [3.63, 3.8) is 0 Å². The van der Waals surface area contributed by atoms with Gasteiger partial charge in [-0.15, -0.1) is 0 Å². The number of halogens is 1. The number of ether oxygens (including phenoxy) is 1. The Morgan fingerprint density at radius 1 is 1.47 bits per heavy atom. The first-order valence-corrected chi connectivity index (χ1v) is 4.51. The highest BCUT2D eigenvalue weighted by molar-refractivity contribution is 6.35. The van der Waals surface area contributed by atoms with E-state index in [4.69, 9.17) is 16.7 Å². The number of carbonyl (C=O) groups is 2. The minimum Gasteiger partial charge on any atom is -0.508 e. The fourth-order valence-corrected chi connectivity index (χ4v) is 1.28. The summed E-state index contributed by atoms with van der Waals surface area (Å²) in [6, 6.07) is 4.19. The number of carbonyl (C=O) groups excluding carboxylic acids is 2. The van der Waals surface area contributed by atoms with Crippen molar-refractivity contribution in [2.75, 3.05) is 7.11 Å². The van der Waals surface area contributed by atoms with Gasteiger partial charge in [0, 0.05) is 11.4 Å². The minimum atomic E-state index is -0.904. The molecule has 1 aromatic rings. The summed E-state index contributed by atoms with van der Waals surface area (Å²) < 4.78 is 4.27. The predicted molar refractivity (Wildman–Crippen MR) is 53.8 cm³/mol. The molecule has 0 fully saturated rings. The molecule has 1 rings (SSSR count). The number of phenols is 1. The van der Waals surface area contributed by atoms with Crippen molar-refractivity contribution < 1.29 is 19.4 Å². The van der Waals surface area contributed by atoms with Gasteiger partial charge in [0.1, 0.15) is 5.75 Å². The summed E-state index contributed by atoms with van der Waals surface area (Å²) in [6.45, 7) is 0. The second-order valence-electron chi connectivity index (χ2n) is 2.87. The molecule has 0 spiro atoms. The zero-order valence-electron chi connectivity index (χ0n) is 7.99. The van der Waals surface area contributed by atoms with Crippen LogP contribution in [0.3, 0.4) is 0 Å². The van der Waals surface area contributed by atoms with E-state index in [1.54, 1.807) is 0 Å². The molecule has 5 heteroatoms. The van der Waals surface area contributed by atoms with E-state index in [0.29, 0.717) is 5.56 Å². The summed E-state index contributed by atoms with van der Waals surface area (Å²) in [5, 5.41) is 9.31. The normalized spacial score (nSPS) is 9.73. The fourth-order valence-electron chi connectivity index (χ4n) is 1.04. The summed E-state index contributed by atoms with van der Waals surface area (Å²) in [4.78, 5) is 22.0. The molecule has 4 nitrogen and oxygen atoms in total. The zero-order valence-corrected chi connectivity index (χ0v) is 8.75. The van der Waals surface area contributed by atoms with Crippen LogP contribution in [0.4, 0.5) is 0 Å². The van der Waals surface area contributed by atoms with Crippen LogP contribution in [0.5, 0.6) is 5.75 Å². The molecule has 1 N–H and O–H groups in total. The average molecular weight is 229 g/mol. The molecule has 0 aliphatic heterocycles. The summed E-state index contributed by atoms with van der Waals surface area (Å²) >= 11 is 5.76. The van der Waals surface area contributed by atoms with E-state index in [2.05, 4.69) is 4.74 Å². The SMILES string of the molecule is COC(=O)C(=O)Cc1ccc(O)cc1Cl. The first-order valence-electron chi connectivity index (χ1n) is 4.13. The molecule has 0 aliphatic rings. The van der Waals surface area contributed by atoms with E-state index >= 15 is 0 Å². The first-order chi connectivity index (χ1) is 7.04. The van der Waals surface area contributed by atoms with Gasteiger partial charge in [-0.25, -0.2) is 4.79 Å². The molecular weight excluding hydrogens is 220 g/mol. The van der Waals surface area contributed by atoms with Gasteiger partial charge in [0.05, 0.1) is 7.11 Å². The molecule has 80 valence electrons. The number of hydrogen-bond acceptors (Lipinski definition) is 4. The largest absolute Gasteiger partial charge is 0.508 e. The second kappa shape index (κ2) is 4.79. The number of esters is 1. The summed E-state index contributed by atoms with van der Waals surface area (Å²) in [7, 11) is 1.14. The third kappa shape index (κ3) is 2.95. The van der Waals surface area contributed by atoms with Crippen molar-refractivity contribution in [2.24, 2.45) is 0 Å². The van der Waals surface area contributed by atoms with E-state index in [9.17, 15) is 9.59 Å². The zero-order chi connectivity index (χ0) is 11.4. The lowest BCUT2D eigenvalue weighted by atomic mass is 10.1. The number of aromatic hydroxyl groups is 1. The monoisotopic (exact) mass is 228 g/mol. The van der Waals surface area contributed by atoms with Gasteiger partial charge < -0.3 is 9.84 Å². The van der Waals surface area contributed by atoms with Gasteiger partial charge in [-0.2, -0.15) is 0 Å². The smallest absolute Gasteiger partial charge is 0.374 e. The Hall–Kier alpha value is -1.55. The van der Waals surface area contributed by atoms with Crippen molar-refractivity contribution in [1.29, 1.82) is 0 Å². The van der Waals surface area contributed by atoms with Gasteiger partial charge in [0.2, 0.25) is 5.78 Å². The fraction of sp³-hybridized carbons (Fsp3) is 0.200. The third-order valence-electron chi connectivity index (χ3n) is 1.80. The Kier molecular flexibility index (Phi) is 3.68. The van der Waals surface area contributed by atoms with E-state index in [1.165, 1.54) is 18.2 Å². The Balaban J connectivity index is 2.81. The Labute approximate surface area is 91.4 Å². The van der Waals surface area contributed by atoms with Crippen LogP contribution in [-0.4, -0.2) is 24.0 Å². The Morgan fingerprint density at radius 2 is 2.13 bits per heavy atom. The van der Waals surface area contributed by atoms with Crippen LogP contribution in [0.1, 0.15) is 5.56 Å². The molecule has 0 saturated carbocycles. The Morgan fingerprint density at radius 3 is 2.67 bits per heavy atom. The van der Waals surface area contributed by atoms with Crippen molar-refractivity contribution in [3.8, 4) is 5.75 Å². The van der Waals surface area contributed by atoms with Crippen molar-refractivity contribution >= 4 is 23.4 Å². The molecular formula is C10H9ClO4. The Bertz CT molecular complexity index is 400. The maximum atomic E-state index is 11.2. The van der Waals surface area contributed by atoms with Gasteiger partial charge in [-0.1, -0.05) is 17.7 Å². The van der Waals surface area contributed by atoms with Gasteiger partial charge in [0.25, 0.3) is 0 Å². The third-order valence-corrected chi connectivity index (χ3v) is 2.15. The quantitative estimate of drug-likeness (QED) is 0.626. The van der Waals surface area contributed by atoms with E-state index < -0.39 is 11.8 Å². The van der Waals surface area contributed by atoms with Gasteiger partial charge in [-0.3, -0.25) is 4.79 Å². The molecule has 0 amide bonds. The lowest BCUT2D eigenvalue weighted by Crippen LogP contribution is -2.17. The molecule has 0 saturated heterocycles. The van der Waals surface area contributed by atoms with Gasteiger partial charge in [-0.05, 0) is 17.7 Å². The number of phenolic OH excluding ortho intramolecular Hbond substituents is 1. The topological polar surface area (TPSA) is 63.6 Å². The first kappa shape index (κ1) is 11.5. The van der Waals surface area contributed by atoms with Crippen molar-refractivity contribution in [2.45, 2.75) is 6.42 Å². The summed E-state index contributed by atoms with van der Waals surface area (Å²) in [5.74, 6) is -1.57. The number of methoxy groups -OCH3 is 1. The highest BCUT2D eigenvalue weighted by Crippen LogP contribution is 2.22. The van der Waals surface area contributed by atoms with Crippen LogP contribution in [0.25, 0.3) is 0 Å². The standard InChI is InChI=1S/C10H9ClO4/c1-15-10(14)9(13)4-6-2-3-7(12)5-8(6)11/h2-3,5,12H,4H2,1H3. The molecule has 15 heavy (non-hydrogen) atoms. The molecule has 0 bridgehead atoms. The number of benzene rings is 1. The van der Waals surface area contributed by atoms with E-state index in [-0.39, 0.29) is 17.2 Å². The maximum absolute atomic E-state index is 11.2. The van der Waals surface area contributed by atoms with E-state index in [1.807, 2.05) is 0 Å². The van der Waals surface area contributed by atoms with Crippen LogP contribution in [-0.2, 0) is 20.7 Å². The number of ketones is 1.